The minimum atomic E-state index is -2.59. The number of methoxy groups -OCH3 is 1. The van der Waals surface area contributed by atoms with Crippen molar-refractivity contribution in [3.63, 3.8) is 0 Å². The van der Waals surface area contributed by atoms with Crippen LogP contribution in [-0.4, -0.2) is 37.0 Å². The van der Waals surface area contributed by atoms with Crippen LogP contribution in [0.15, 0.2) is 51.2 Å². The highest BCUT2D eigenvalue weighted by atomic mass is 19.3. The Morgan fingerprint density at radius 1 is 1.19 bits per heavy atom. The highest BCUT2D eigenvalue weighted by molar-refractivity contribution is 6.12. The summed E-state index contributed by atoms with van der Waals surface area (Å²) in [4.78, 5) is 36.6. The van der Waals surface area contributed by atoms with Gasteiger partial charge in [0.25, 0.3) is 6.43 Å². The number of ether oxygens (including phenoxy) is 2. The first-order valence-corrected chi connectivity index (χ1v) is 11.4. The Kier molecular flexibility index (Phi) is 10.6. The number of aryl methyl sites for hydroxylation is 1. The molecule has 2 rings (SSSR count). The van der Waals surface area contributed by atoms with Crippen LogP contribution in [0.2, 0.25) is 0 Å². The van der Waals surface area contributed by atoms with Crippen LogP contribution >= 0.6 is 0 Å². The molecule has 0 saturated carbocycles. The summed E-state index contributed by atoms with van der Waals surface area (Å²) in [6.07, 6.45) is 3.81. The molecule has 0 spiro atoms. The largest absolute Gasteiger partial charge is 0.507 e. The Balaban J connectivity index is 2.14. The Morgan fingerprint density at radius 3 is 2.53 bits per heavy atom. The molecule has 36 heavy (non-hydrogen) atoms. The summed E-state index contributed by atoms with van der Waals surface area (Å²) in [6, 6.07) is 5.95. The number of halogens is 2. The van der Waals surface area contributed by atoms with Gasteiger partial charge in [0.1, 0.15) is 29.4 Å². The average molecular weight is 505 g/mol. The first kappa shape index (κ1) is 28.5. The van der Waals surface area contributed by atoms with E-state index in [1.807, 2.05) is 13.0 Å². The van der Waals surface area contributed by atoms with Gasteiger partial charge in [0, 0.05) is 12.0 Å². The van der Waals surface area contributed by atoms with Crippen LogP contribution in [0.5, 0.6) is 11.5 Å². The van der Waals surface area contributed by atoms with E-state index in [1.54, 1.807) is 25.1 Å². The number of hydrogen-bond donors (Lipinski definition) is 1. The van der Waals surface area contributed by atoms with Crippen LogP contribution in [0.3, 0.4) is 0 Å². The molecule has 1 atom stereocenters. The van der Waals surface area contributed by atoms with Crippen molar-refractivity contribution in [2.75, 3.05) is 13.7 Å². The second kappa shape index (κ2) is 13.4. The molecule has 0 bridgehead atoms. The summed E-state index contributed by atoms with van der Waals surface area (Å²) in [6.45, 7) is 4.32. The maximum Gasteiger partial charge on any atom is 0.351 e. The van der Waals surface area contributed by atoms with E-state index in [0.29, 0.717) is 24.0 Å². The van der Waals surface area contributed by atoms with Gasteiger partial charge in [0.2, 0.25) is 0 Å². The van der Waals surface area contributed by atoms with Gasteiger partial charge >= 0.3 is 11.6 Å². The fourth-order valence-corrected chi connectivity index (χ4v) is 3.38. The highest BCUT2D eigenvalue weighted by Crippen LogP contribution is 2.27. The molecule has 0 aliphatic carbocycles. The summed E-state index contributed by atoms with van der Waals surface area (Å²) in [7, 11) is 1.31. The molecule has 194 valence electrons. The SMILES string of the molecule is COC(=O)C/C=C/CCC(C)c1cc(O)c(C(=O)C(C)=Cc2ccc(OCC(F)F)cc2C)c(=O)o1. The number of rotatable bonds is 12. The predicted octanol–water partition coefficient (Wildman–Crippen LogP) is 5.59. The van der Waals surface area contributed by atoms with Crippen LogP contribution in [0.25, 0.3) is 6.08 Å². The molecule has 2 aromatic rings. The van der Waals surface area contributed by atoms with Gasteiger partial charge in [-0.2, -0.15) is 0 Å². The second-order valence-electron chi connectivity index (χ2n) is 8.30. The molecule has 0 aliphatic heterocycles. The smallest absolute Gasteiger partial charge is 0.351 e. The van der Waals surface area contributed by atoms with Crippen molar-refractivity contribution in [1.29, 1.82) is 0 Å². The molecule has 1 aromatic carbocycles. The van der Waals surface area contributed by atoms with Crippen molar-refractivity contribution in [1.82, 2.24) is 0 Å². The van der Waals surface area contributed by atoms with Gasteiger partial charge in [0.05, 0.1) is 13.5 Å². The fraction of sp³-hybridized carbons (Fsp3) is 0.370. The van der Waals surface area contributed by atoms with Gasteiger partial charge in [-0.05, 0) is 61.6 Å². The van der Waals surface area contributed by atoms with Crippen molar-refractivity contribution in [2.24, 2.45) is 0 Å². The number of aromatic hydroxyl groups is 1. The van der Waals surface area contributed by atoms with Gasteiger partial charge < -0.3 is 19.0 Å². The maximum atomic E-state index is 12.9. The molecule has 7 nitrogen and oxygen atoms in total. The van der Waals surface area contributed by atoms with Crippen molar-refractivity contribution in [3.8, 4) is 11.5 Å². The zero-order chi connectivity index (χ0) is 26.8. The van der Waals surface area contributed by atoms with E-state index in [1.165, 1.54) is 32.2 Å². The Hall–Kier alpha value is -3.75. The molecule has 1 heterocycles. The predicted molar refractivity (Wildman–Crippen MR) is 131 cm³/mol. The molecule has 1 N–H and O–H groups in total. The Morgan fingerprint density at radius 2 is 1.92 bits per heavy atom. The van der Waals surface area contributed by atoms with Crippen molar-refractivity contribution in [2.45, 2.75) is 52.4 Å². The molecule has 0 saturated heterocycles. The van der Waals surface area contributed by atoms with Crippen molar-refractivity contribution < 1.29 is 37.4 Å². The van der Waals surface area contributed by atoms with Crippen LogP contribution < -0.4 is 10.4 Å². The van der Waals surface area contributed by atoms with E-state index in [4.69, 9.17) is 9.15 Å². The Bertz CT molecular complexity index is 1200. The highest BCUT2D eigenvalue weighted by Gasteiger charge is 2.22. The zero-order valence-electron chi connectivity index (χ0n) is 20.7. The second-order valence-corrected chi connectivity index (χ2v) is 8.30. The topological polar surface area (TPSA) is 103 Å². The normalized spacial score (nSPS) is 12.7. The van der Waals surface area contributed by atoms with Crippen molar-refractivity contribution >= 4 is 17.8 Å². The van der Waals surface area contributed by atoms with Crippen LogP contribution in [0, 0.1) is 6.92 Å². The van der Waals surface area contributed by atoms with E-state index < -0.39 is 35.8 Å². The van der Waals surface area contributed by atoms with Crippen LogP contribution in [0.4, 0.5) is 8.78 Å². The molecule has 1 aromatic heterocycles. The number of esters is 1. The zero-order valence-corrected chi connectivity index (χ0v) is 20.7. The summed E-state index contributed by atoms with van der Waals surface area (Å²) >= 11 is 0. The third-order valence-corrected chi connectivity index (χ3v) is 5.46. The quantitative estimate of drug-likeness (QED) is 0.174. The number of Topliss-reactive ketones (excluding diaryl/α,β-unsaturated/α-hetero) is 1. The third kappa shape index (κ3) is 8.18. The van der Waals surface area contributed by atoms with Gasteiger partial charge in [-0.15, -0.1) is 0 Å². The summed E-state index contributed by atoms with van der Waals surface area (Å²) in [5, 5.41) is 10.4. The summed E-state index contributed by atoms with van der Waals surface area (Å²) in [5.74, 6) is -1.21. The number of ketones is 1. The molecule has 0 amide bonds. The molecule has 0 aliphatic rings. The fourth-order valence-electron chi connectivity index (χ4n) is 3.38. The molecular formula is C27H30F2O7. The number of allylic oxidation sites excluding steroid dienone is 2. The van der Waals surface area contributed by atoms with Crippen molar-refractivity contribution in [3.05, 3.63) is 74.9 Å². The molecular weight excluding hydrogens is 474 g/mol. The van der Waals surface area contributed by atoms with E-state index >= 15 is 0 Å². The van der Waals surface area contributed by atoms with E-state index in [-0.39, 0.29) is 35.4 Å². The van der Waals surface area contributed by atoms with Crippen LogP contribution in [-0.2, 0) is 9.53 Å². The minimum absolute atomic E-state index is 0.167. The first-order valence-electron chi connectivity index (χ1n) is 11.4. The maximum absolute atomic E-state index is 12.9. The lowest BCUT2D eigenvalue weighted by atomic mass is 9.98. The first-order chi connectivity index (χ1) is 17.0. The lowest BCUT2D eigenvalue weighted by Crippen LogP contribution is -2.16. The number of benzene rings is 1. The lowest BCUT2D eigenvalue weighted by molar-refractivity contribution is -0.139. The number of carbonyl (C=O) groups excluding carboxylic acids is 2. The van der Waals surface area contributed by atoms with Gasteiger partial charge in [-0.3, -0.25) is 9.59 Å². The number of hydrogen-bond acceptors (Lipinski definition) is 7. The number of alkyl halides is 2. The monoisotopic (exact) mass is 504 g/mol. The lowest BCUT2D eigenvalue weighted by Gasteiger charge is -2.11. The van der Waals surface area contributed by atoms with Gasteiger partial charge in [0.15, 0.2) is 5.78 Å². The summed E-state index contributed by atoms with van der Waals surface area (Å²) in [5.41, 5.74) is 0.0728. The van der Waals surface area contributed by atoms with Gasteiger partial charge in [-0.25, -0.2) is 13.6 Å². The molecule has 9 heteroatoms. The molecule has 1 unspecified atom stereocenters. The number of carbonyl (C=O) groups is 2. The van der Waals surface area contributed by atoms with Gasteiger partial charge in [-0.1, -0.05) is 25.1 Å². The van der Waals surface area contributed by atoms with E-state index in [0.717, 1.165) is 0 Å². The minimum Gasteiger partial charge on any atom is -0.507 e. The Labute approximate surface area is 208 Å². The van der Waals surface area contributed by atoms with E-state index in [2.05, 4.69) is 4.74 Å². The standard InChI is InChI=1S/C27H30F2O7/c1-16(8-6-5-7-9-24(31)34-4)22-14-21(30)25(27(33)36-22)26(32)18(3)12-19-10-11-20(13-17(19)2)35-15-23(28)29/h5,7,10-14,16,23,30H,6,8-9,15H2,1-4H3/b7-5+,18-12?. The molecule has 0 radical (unpaired) electrons. The van der Waals surface area contributed by atoms with Crippen LogP contribution in [0.1, 0.15) is 66.3 Å². The average Bonchev–Trinajstić information content (AvgIpc) is 2.82. The summed E-state index contributed by atoms with van der Waals surface area (Å²) < 4.78 is 39.5. The third-order valence-electron chi connectivity index (χ3n) is 5.46. The van der Waals surface area contributed by atoms with E-state index in [9.17, 15) is 28.3 Å². The molecule has 0 fully saturated rings.